The molecule has 0 saturated carbocycles. The van der Waals surface area contributed by atoms with Gasteiger partial charge in [0.05, 0.1) is 22.3 Å². The number of aryl methyl sites for hydroxylation is 2. The normalized spacial score (nSPS) is 15.4. The van der Waals surface area contributed by atoms with Gasteiger partial charge in [-0.3, -0.25) is 0 Å². The maximum absolute atomic E-state index is 14.7. The molecule has 10 heteroatoms. The predicted molar refractivity (Wildman–Crippen MR) is 204 cm³/mol. The minimum Gasteiger partial charge on any atom is -0.488 e. The first-order valence-corrected chi connectivity index (χ1v) is 17.1. The van der Waals surface area contributed by atoms with Crippen LogP contribution in [0.4, 0.5) is 17.3 Å². The third-order valence-electron chi connectivity index (χ3n) is 10.3. The molecule has 0 saturated heterocycles. The molecular formula is C42H30B2F4N4. The fourth-order valence-corrected chi connectivity index (χ4v) is 7.89. The van der Waals surface area contributed by atoms with Gasteiger partial charge in [-0.2, -0.15) is 0 Å². The van der Waals surface area contributed by atoms with E-state index in [4.69, 9.17) is 0 Å². The van der Waals surface area contributed by atoms with Crippen molar-refractivity contribution in [2.24, 2.45) is 0 Å². The van der Waals surface area contributed by atoms with Crippen molar-refractivity contribution in [3.63, 3.8) is 0 Å². The molecule has 0 bridgehead atoms. The third kappa shape index (κ3) is 4.93. The molecule has 0 aliphatic carbocycles. The van der Waals surface area contributed by atoms with Crippen LogP contribution in [-0.2, 0) is 0 Å². The number of benzene rings is 5. The van der Waals surface area contributed by atoms with Gasteiger partial charge in [-0.25, -0.2) is 9.98 Å². The highest BCUT2D eigenvalue weighted by Crippen LogP contribution is 2.36. The van der Waals surface area contributed by atoms with E-state index in [9.17, 15) is 17.3 Å². The molecular weight excluding hydrogens is 658 g/mol. The summed E-state index contributed by atoms with van der Waals surface area (Å²) in [6.45, 7) is 3.44. The smallest absolute Gasteiger partial charge is 0.341 e. The average Bonchev–Trinajstić information content (AvgIpc) is 3.87. The SMILES string of the molecule is Cc1c2ccccc2c(/C=C2\[NH+]=C(c3ccccc3)c3cc4c(cc32)C(c2ccccc2)=[NH+]/C4=C\c2c3ccccc3c(C)n2[B-](F)F)n1[B-](F)F. The van der Waals surface area contributed by atoms with Gasteiger partial charge in [0, 0.05) is 45.4 Å². The van der Waals surface area contributed by atoms with Gasteiger partial charge in [0.15, 0.2) is 0 Å². The third-order valence-corrected chi connectivity index (χ3v) is 10.3. The van der Waals surface area contributed by atoms with Crippen molar-refractivity contribution in [3.05, 3.63) is 177 Å². The topological polar surface area (TPSA) is 37.8 Å². The van der Waals surface area contributed by atoms with Crippen LogP contribution < -0.4 is 9.98 Å². The van der Waals surface area contributed by atoms with Gasteiger partial charge in [0.2, 0.25) is 22.8 Å². The summed E-state index contributed by atoms with van der Waals surface area (Å²) in [6.07, 6.45) is 3.63. The molecule has 0 fully saturated rings. The Balaban J connectivity index is 1.32. The lowest BCUT2D eigenvalue weighted by Crippen LogP contribution is -2.67. The van der Waals surface area contributed by atoms with E-state index in [1.165, 1.54) is 0 Å². The number of nitrogens with zero attached hydrogens (tertiary/aromatic N) is 2. The first-order chi connectivity index (χ1) is 25.3. The summed E-state index contributed by atoms with van der Waals surface area (Å²) >= 11 is 0. The molecule has 2 aliphatic rings. The van der Waals surface area contributed by atoms with Gasteiger partial charge < -0.3 is 26.2 Å². The van der Waals surface area contributed by atoms with Crippen molar-refractivity contribution in [1.82, 2.24) is 8.96 Å². The Labute approximate surface area is 298 Å². The predicted octanol–water partition coefficient (Wildman–Crippen LogP) is 6.62. The molecule has 0 unspecified atom stereocenters. The van der Waals surface area contributed by atoms with Crippen molar-refractivity contribution >= 4 is 71.3 Å². The number of hydrogen-bond donors (Lipinski definition) is 2. The van der Waals surface area contributed by atoms with Gasteiger partial charge >= 0.3 is 14.8 Å². The Morgan fingerprint density at radius 2 is 0.808 bits per heavy atom. The zero-order valence-electron chi connectivity index (χ0n) is 28.3. The highest BCUT2D eigenvalue weighted by atomic mass is 19.2. The number of nitrogens with one attached hydrogen (secondary N) is 2. The fourth-order valence-electron chi connectivity index (χ4n) is 7.89. The van der Waals surface area contributed by atoms with Crippen LogP contribution in [0.3, 0.4) is 0 Å². The molecule has 2 aromatic heterocycles. The maximum Gasteiger partial charge on any atom is 0.341 e. The van der Waals surface area contributed by atoms with E-state index in [2.05, 4.69) is 22.1 Å². The molecule has 7 aromatic rings. The lowest BCUT2D eigenvalue weighted by molar-refractivity contribution is -0.336. The zero-order chi connectivity index (χ0) is 35.7. The molecule has 9 rings (SSSR count). The van der Waals surface area contributed by atoms with Crippen molar-refractivity contribution < 1.29 is 27.2 Å². The van der Waals surface area contributed by atoms with Gasteiger partial charge in [-0.15, -0.1) is 0 Å². The van der Waals surface area contributed by atoms with Crippen LogP contribution in [0.5, 0.6) is 0 Å². The number of aromatic nitrogens is 2. The molecule has 2 radical (unpaired) electrons. The number of hydrogen-bond acceptors (Lipinski definition) is 0. The van der Waals surface area contributed by atoms with E-state index in [0.29, 0.717) is 34.2 Å². The van der Waals surface area contributed by atoms with Crippen molar-refractivity contribution in [2.45, 2.75) is 13.8 Å². The molecule has 5 aromatic carbocycles. The second kappa shape index (κ2) is 12.3. The van der Waals surface area contributed by atoms with Crippen LogP contribution in [-0.4, -0.2) is 35.2 Å². The van der Waals surface area contributed by atoms with Gasteiger partial charge in [0.1, 0.15) is 0 Å². The van der Waals surface area contributed by atoms with E-state index in [1.807, 2.05) is 121 Å². The quantitative estimate of drug-likeness (QED) is 0.146. The summed E-state index contributed by atoms with van der Waals surface area (Å²) in [4.78, 5) is 7.20. The van der Waals surface area contributed by atoms with Gasteiger partial charge in [-0.1, -0.05) is 84.9 Å². The second-order valence-electron chi connectivity index (χ2n) is 13.1. The molecule has 0 amide bonds. The van der Waals surface area contributed by atoms with Crippen molar-refractivity contribution in [1.29, 1.82) is 0 Å². The molecule has 52 heavy (non-hydrogen) atoms. The molecule has 0 atom stereocenters. The zero-order valence-corrected chi connectivity index (χ0v) is 28.3. The number of fused-ring (bicyclic) bond motifs is 4. The Kier molecular flexibility index (Phi) is 7.50. The molecule has 4 heterocycles. The first kappa shape index (κ1) is 31.8. The standard InChI is InChI=1S/C42H28B2F4N4/c1-25-29-17-9-11-19-31(29)39(51(25)43(45)46)23-37-33-21-36-34(22-35(33)41(49-37)27-13-5-3-6-14-27)38(50-42(36)28-15-7-4-8-16-28)24-40-32-20-12-10-18-30(32)26(2)52(40)44(47)48/h3-24H,1-2H3/q-2/p+2/b37-23-,38-24-. The fraction of sp³-hybridized carbons (Fsp3) is 0.0476. The number of rotatable bonds is 6. The summed E-state index contributed by atoms with van der Waals surface area (Å²) < 4.78 is 61.0. The van der Waals surface area contributed by atoms with Crippen molar-refractivity contribution in [3.8, 4) is 0 Å². The minimum absolute atomic E-state index is 0.410. The van der Waals surface area contributed by atoms with E-state index in [-0.39, 0.29) is 0 Å². The lowest BCUT2D eigenvalue weighted by Gasteiger charge is -2.18. The molecule has 0 spiro atoms. The van der Waals surface area contributed by atoms with E-state index in [0.717, 1.165) is 75.3 Å². The van der Waals surface area contributed by atoms with Crippen LogP contribution in [0, 0.1) is 13.8 Å². The van der Waals surface area contributed by atoms with Gasteiger partial charge in [-0.05, 0) is 72.4 Å². The van der Waals surface area contributed by atoms with Crippen molar-refractivity contribution in [2.75, 3.05) is 0 Å². The highest BCUT2D eigenvalue weighted by Gasteiger charge is 2.37. The van der Waals surface area contributed by atoms with E-state index >= 15 is 0 Å². The van der Waals surface area contributed by atoms with E-state index in [1.54, 1.807) is 13.8 Å². The Morgan fingerprint density at radius 1 is 0.462 bits per heavy atom. The molecule has 2 aliphatic heterocycles. The summed E-state index contributed by atoms with van der Waals surface area (Å²) in [5, 5.41) is 3.00. The Bertz CT molecular complexity index is 2520. The largest absolute Gasteiger partial charge is 0.488 e. The minimum atomic E-state index is -2.74. The summed E-state index contributed by atoms with van der Waals surface area (Å²) in [5.74, 6) is 0. The summed E-state index contributed by atoms with van der Waals surface area (Å²) in [6, 6.07) is 38.8. The molecule has 4 nitrogen and oxygen atoms in total. The van der Waals surface area contributed by atoms with Crippen LogP contribution in [0.2, 0.25) is 0 Å². The van der Waals surface area contributed by atoms with Crippen LogP contribution >= 0.6 is 0 Å². The Hall–Kier alpha value is -6.15. The van der Waals surface area contributed by atoms with Gasteiger partial charge in [0.25, 0.3) is 0 Å². The summed E-state index contributed by atoms with van der Waals surface area (Å²) in [5.41, 5.74) is 10.1. The molecule has 252 valence electrons. The maximum atomic E-state index is 14.7. The first-order valence-electron chi connectivity index (χ1n) is 17.1. The van der Waals surface area contributed by atoms with Crippen LogP contribution in [0.1, 0.15) is 56.2 Å². The average molecular weight is 688 g/mol. The Morgan fingerprint density at radius 3 is 1.17 bits per heavy atom. The van der Waals surface area contributed by atoms with Crippen LogP contribution in [0.25, 0.3) is 45.1 Å². The van der Waals surface area contributed by atoms with E-state index < -0.39 is 14.8 Å². The van der Waals surface area contributed by atoms with Crippen LogP contribution in [0.15, 0.2) is 121 Å². The highest BCUT2D eigenvalue weighted by molar-refractivity contribution is 6.43. The second-order valence-corrected chi connectivity index (χ2v) is 13.1. The lowest BCUT2D eigenvalue weighted by atomic mass is 9.90. The number of halogens is 4. The monoisotopic (exact) mass is 688 g/mol. The molecule has 2 N–H and O–H groups in total. The summed E-state index contributed by atoms with van der Waals surface area (Å²) in [7, 11) is -5.47.